The van der Waals surface area contributed by atoms with Crippen molar-refractivity contribution in [1.82, 2.24) is 0 Å². The maximum absolute atomic E-state index is 11.7. The van der Waals surface area contributed by atoms with Crippen LogP contribution in [0.4, 0.5) is 0 Å². The zero-order valence-corrected chi connectivity index (χ0v) is 9.57. The van der Waals surface area contributed by atoms with Gasteiger partial charge in [0.25, 0.3) is 0 Å². The summed E-state index contributed by atoms with van der Waals surface area (Å²) in [5.74, 6) is 1.47. The fourth-order valence-corrected chi connectivity index (χ4v) is 2.68. The zero-order valence-electron chi connectivity index (χ0n) is 9.57. The Hall–Kier alpha value is -1.37. The molecule has 0 spiro atoms. The van der Waals surface area contributed by atoms with Crippen molar-refractivity contribution in [3.63, 3.8) is 0 Å². The molecule has 0 heterocycles. The summed E-state index contributed by atoms with van der Waals surface area (Å²) in [6.45, 7) is 1.69. The first-order chi connectivity index (χ1) is 7.75. The maximum atomic E-state index is 11.7. The second-order valence-electron chi connectivity index (χ2n) is 5.02. The van der Waals surface area contributed by atoms with E-state index >= 15 is 0 Å². The van der Waals surface area contributed by atoms with Crippen LogP contribution < -0.4 is 0 Å². The lowest BCUT2D eigenvalue weighted by atomic mass is 9.89. The third-order valence-corrected chi connectivity index (χ3v) is 3.73. The van der Waals surface area contributed by atoms with Gasteiger partial charge in [-0.15, -0.1) is 0 Å². The highest BCUT2D eigenvalue weighted by atomic mass is 16.1. The van der Waals surface area contributed by atoms with Crippen LogP contribution in [0.2, 0.25) is 0 Å². The highest BCUT2D eigenvalue weighted by molar-refractivity contribution is 6.01. The fourth-order valence-electron chi connectivity index (χ4n) is 2.68. The predicted molar refractivity (Wildman–Crippen MR) is 65.2 cm³/mol. The van der Waals surface area contributed by atoms with Gasteiger partial charge in [0.05, 0.1) is 0 Å². The number of carbonyl (C=O) groups is 1. The summed E-state index contributed by atoms with van der Waals surface area (Å²) < 4.78 is 0. The van der Waals surface area contributed by atoms with E-state index in [0.717, 1.165) is 11.5 Å². The van der Waals surface area contributed by atoms with Crippen molar-refractivity contribution in [2.24, 2.45) is 5.92 Å². The summed E-state index contributed by atoms with van der Waals surface area (Å²) >= 11 is 0. The van der Waals surface area contributed by atoms with Gasteiger partial charge in [0, 0.05) is 11.5 Å². The van der Waals surface area contributed by atoms with Gasteiger partial charge in [-0.05, 0) is 36.5 Å². The Labute approximate surface area is 96.2 Å². The molecule has 3 rings (SSSR count). The minimum Gasteiger partial charge on any atom is -0.295 e. The Morgan fingerprint density at radius 1 is 1.31 bits per heavy atom. The molecule has 82 valence electrons. The third kappa shape index (κ3) is 1.60. The summed E-state index contributed by atoms with van der Waals surface area (Å²) in [6, 6.07) is 8.42. The van der Waals surface area contributed by atoms with Crippen molar-refractivity contribution in [3.05, 3.63) is 41.0 Å². The van der Waals surface area contributed by atoms with Crippen LogP contribution in [0, 0.1) is 5.92 Å². The minimum atomic E-state index is 0.238. The Morgan fingerprint density at radius 2 is 2.06 bits per heavy atom. The van der Waals surface area contributed by atoms with E-state index in [0.29, 0.717) is 5.92 Å². The molecule has 2 aliphatic rings. The van der Waals surface area contributed by atoms with E-state index in [1.165, 1.54) is 30.4 Å². The molecule has 0 saturated heterocycles. The topological polar surface area (TPSA) is 17.1 Å². The Morgan fingerprint density at radius 3 is 2.75 bits per heavy atom. The molecule has 1 nitrogen and oxygen atoms in total. The molecule has 1 unspecified atom stereocenters. The summed E-state index contributed by atoms with van der Waals surface area (Å²) in [6.07, 6.45) is 5.96. The minimum absolute atomic E-state index is 0.238. The van der Waals surface area contributed by atoms with Crippen molar-refractivity contribution >= 4 is 11.9 Å². The molecule has 0 aromatic heterocycles. The van der Waals surface area contributed by atoms with Crippen molar-refractivity contribution in [3.8, 4) is 0 Å². The molecule has 0 amide bonds. The fraction of sp³-hybridized carbons (Fsp3) is 0.400. The van der Waals surface area contributed by atoms with Gasteiger partial charge in [0.2, 0.25) is 0 Å². The van der Waals surface area contributed by atoms with Crippen LogP contribution in [0.15, 0.2) is 29.8 Å². The van der Waals surface area contributed by atoms with Crippen LogP contribution in [0.25, 0.3) is 6.08 Å². The lowest BCUT2D eigenvalue weighted by Crippen LogP contribution is -2.06. The molecule has 1 saturated carbocycles. The highest BCUT2D eigenvalue weighted by Gasteiger charge is 2.33. The number of benzene rings is 1. The van der Waals surface area contributed by atoms with E-state index in [2.05, 4.69) is 24.3 Å². The van der Waals surface area contributed by atoms with Gasteiger partial charge in [0.15, 0.2) is 5.78 Å². The maximum Gasteiger partial charge on any atom is 0.156 e. The number of Topliss-reactive ketones (excluding diaryl/α,β-unsaturated/α-hetero) is 1. The molecule has 1 atom stereocenters. The van der Waals surface area contributed by atoms with Gasteiger partial charge in [-0.2, -0.15) is 0 Å². The van der Waals surface area contributed by atoms with Gasteiger partial charge in [-0.3, -0.25) is 4.79 Å². The number of hydrogen-bond acceptors (Lipinski definition) is 1. The number of carbonyl (C=O) groups excluding carboxylic acids is 1. The van der Waals surface area contributed by atoms with Crippen LogP contribution in [0.1, 0.15) is 43.2 Å². The summed E-state index contributed by atoms with van der Waals surface area (Å²) in [5.41, 5.74) is 3.63. The number of fused-ring (bicyclic) bond motifs is 1. The van der Waals surface area contributed by atoms with E-state index in [-0.39, 0.29) is 5.78 Å². The Balaban J connectivity index is 1.98. The number of rotatable bonds is 3. The van der Waals surface area contributed by atoms with Gasteiger partial charge < -0.3 is 0 Å². The van der Waals surface area contributed by atoms with Gasteiger partial charge in [-0.1, -0.05) is 37.1 Å². The van der Waals surface area contributed by atoms with Crippen molar-refractivity contribution in [2.75, 3.05) is 0 Å². The highest BCUT2D eigenvalue weighted by Crippen LogP contribution is 2.46. The first kappa shape index (κ1) is 9.83. The second kappa shape index (κ2) is 3.58. The molecule has 1 fully saturated rings. The molecule has 0 radical (unpaired) electrons. The third-order valence-electron chi connectivity index (χ3n) is 3.73. The molecule has 2 aliphatic carbocycles. The van der Waals surface area contributed by atoms with Crippen LogP contribution in [0.5, 0.6) is 0 Å². The molecule has 0 aliphatic heterocycles. The molecule has 0 N–H and O–H groups in total. The summed E-state index contributed by atoms with van der Waals surface area (Å²) in [4.78, 5) is 11.7. The number of allylic oxidation sites excluding steroid dienone is 1. The van der Waals surface area contributed by atoms with E-state index < -0.39 is 0 Å². The molecule has 1 aromatic rings. The first-order valence-corrected chi connectivity index (χ1v) is 6.07. The molecule has 1 heteroatoms. The molecule has 16 heavy (non-hydrogen) atoms. The Bertz CT molecular complexity index is 466. The van der Waals surface area contributed by atoms with E-state index in [1.807, 2.05) is 6.07 Å². The van der Waals surface area contributed by atoms with Crippen LogP contribution in [-0.4, -0.2) is 5.78 Å². The van der Waals surface area contributed by atoms with Crippen molar-refractivity contribution in [1.29, 1.82) is 0 Å². The van der Waals surface area contributed by atoms with Crippen molar-refractivity contribution < 1.29 is 4.79 Å². The van der Waals surface area contributed by atoms with Crippen LogP contribution in [-0.2, 0) is 4.79 Å². The Kier molecular flexibility index (Phi) is 2.20. The molecular weight excluding hydrogens is 196 g/mol. The zero-order chi connectivity index (χ0) is 11.1. The number of hydrogen-bond donors (Lipinski definition) is 0. The number of ketones is 1. The van der Waals surface area contributed by atoms with Gasteiger partial charge >= 0.3 is 0 Å². The predicted octanol–water partition coefficient (Wildman–Crippen LogP) is 3.56. The monoisotopic (exact) mass is 212 g/mol. The standard InChI is InChI=1S/C15H16O/c1-10(16)14-9-12-4-2-3-5-13(12)15(14)8-11-6-7-11/h2-5,9,11,15H,6-8H2,1H3. The van der Waals surface area contributed by atoms with E-state index in [1.54, 1.807) is 6.92 Å². The quantitative estimate of drug-likeness (QED) is 0.748. The lowest BCUT2D eigenvalue weighted by Gasteiger charge is -2.14. The van der Waals surface area contributed by atoms with E-state index in [4.69, 9.17) is 0 Å². The van der Waals surface area contributed by atoms with Crippen LogP contribution >= 0.6 is 0 Å². The van der Waals surface area contributed by atoms with Crippen molar-refractivity contribution in [2.45, 2.75) is 32.1 Å². The summed E-state index contributed by atoms with van der Waals surface area (Å²) in [7, 11) is 0. The second-order valence-corrected chi connectivity index (χ2v) is 5.02. The first-order valence-electron chi connectivity index (χ1n) is 6.07. The molecule has 0 bridgehead atoms. The smallest absolute Gasteiger partial charge is 0.156 e. The van der Waals surface area contributed by atoms with Gasteiger partial charge in [0.1, 0.15) is 0 Å². The largest absolute Gasteiger partial charge is 0.295 e. The normalized spacial score (nSPS) is 22.8. The summed E-state index contributed by atoms with van der Waals surface area (Å²) in [5, 5.41) is 0. The average Bonchev–Trinajstić information content (AvgIpc) is 3.00. The van der Waals surface area contributed by atoms with Gasteiger partial charge in [-0.25, -0.2) is 0 Å². The lowest BCUT2D eigenvalue weighted by molar-refractivity contribution is -0.113. The van der Waals surface area contributed by atoms with E-state index in [9.17, 15) is 4.79 Å². The average molecular weight is 212 g/mol. The van der Waals surface area contributed by atoms with Crippen LogP contribution in [0.3, 0.4) is 0 Å². The SMILES string of the molecule is CC(=O)C1=Cc2ccccc2C1CC1CC1. The molecular formula is C15H16O. The molecule has 1 aromatic carbocycles.